The van der Waals surface area contributed by atoms with Crippen LogP contribution in [0.3, 0.4) is 0 Å². The smallest absolute Gasteiger partial charge is 0.0641 e. The maximum Gasteiger partial charge on any atom is 0.0641 e. The maximum atomic E-state index is 8.90. The van der Waals surface area contributed by atoms with Crippen molar-refractivity contribution in [2.75, 3.05) is 6.61 Å². The molecule has 0 saturated carbocycles. The topological polar surface area (TPSA) is 20.2 Å². The van der Waals surface area contributed by atoms with Crippen molar-refractivity contribution >= 4 is 0 Å². The van der Waals surface area contributed by atoms with Gasteiger partial charge in [-0.3, -0.25) is 0 Å². The van der Waals surface area contributed by atoms with Gasteiger partial charge in [-0.05, 0) is 44.6 Å². The molecule has 0 aromatic rings. The first-order valence-corrected chi connectivity index (χ1v) is 4.66. The van der Waals surface area contributed by atoms with E-state index in [-0.39, 0.29) is 6.61 Å². The molecule has 1 unspecified atom stereocenters. The van der Waals surface area contributed by atoms with Gasteiger partial charge in [-0.25, -0.2) is 0 Å². The third kappa shape index (κ3) is 2.49. The molecule has 0 spiro atoms. The molecule has 0 bridgehead atoms. The van der Waals surface area contributed by atoms with Crippen LogP contribution in [-0.4, -0.2) is 11.7 Å². The van der Waals surface area contributed by atoms with Gasteiger partial charge in [-0.1, -0.05) is 17.7 Å². The van der Waals surface area contributed by atoms with Crippen LogP contribution < -0.4 is 0 Å². The third-order valence-corrected chi connectivity index (χ3v) is 2.65. The van der Waals surface area contributed by atoms with Crippen LogP contribution in [0.2, 0.25) is 0 Å². The summed E-state index contributed by atoms with van der Waals surface area (Å²) >= 11 is 0. The van der Waals surface area contributed by atoms with E-state index in [0.29, 0.717) is 0 Å². The van der Waals surface area contributed by atoms with E-state index in [2.05, 4.69) is 19.1 Å². The summed E-state index contributed by atoms with van der Waals surface area (Å²) in [6.45, 7) is 4.34. The van der Waals surface area contributed by atoms with Crippen LogP contribution in [0.15, 0.2) is 23.3 Å². The molecule has 0 heterocycles. The molecule has 1 rings (SSSR count). The van der Waals surface area contributed by atoms with Crippen molar-refractivity contribution in [1.29, 1.82) is 0 Å². The molecule has 1 N–H and O–H groups in total. The van der Waals surface area contributed by atoms with Crippen LogP contribution in [0.4, 0.5) is 0 Å². The third-order valence-electron chi connectivity index (χ3n) is 2.65. The van der Waals surface area contributed by atoms with E-state index in [1.807, 2.05) is 6.92 Å². The van der Waals surface area contributed by atoms with E-state index in [4.69, 9.17) is 5.11 Å². The fourth-order valence-corrected chi connectivity index (χ4v) is 1.57. The SMILES string of the molecule is C/C(CO)=C(/C)CC1C=CCC1. The van der Waals surface area contributed by atoms with Crippen LogP contribution in [0.5, 0.6) is 0 Å². The minimum absolute atomic E-state index is 0.211. The Morgan fingerprint density at radius 3 is 2.67 bits per heavy atom. The molecule has 12 heavy (non-hydrogen) atoms. The quantitative estimate of drug-likeness (QED) is 0.639. The van der Waals surface area contributed by atoms with Gasteiger partial charge in [0.05, 0.1) is 6.61 Å². The zero-order chi connectivity index (χ0) is 8.97. The average molecular weight is 166 g/mol. The largest absolute Gasteiger partial charge is 0.392 e. The van der Waals surface area contributed by atoms with Crippen molar-refractivity contribution in [2.24, 2.45) is 5.92 Å². The Balaban J connectivity index is 2.44. The van der Waals surface area contributed by atoms with Gasteiger partial charge in [0, 0.05) is 0 Å². The van der Waals surface area contributed by atoms with Gasteiger partial charge in [0.15, 0.2) is 0 Å². The average Bonchev–Trinajstić information content (AvgIpc) is 2.55. The monoisotopic (exact) mass is 166 g/mol. The van der Waals surface area contributed by atoms with E-state index in [1.165, 1.54) is 18.4 Å². The molecule has 1 heteroatoms. The Labute approximate surface area is 74.8 Å². The standard InChI is InChI=1S/C11H18O/c1-9(10(2)8-12)7-11-5-3-4-6-11/h3,5,11-12H,4,6-8H2,1-2H3/b10-9+. The molecule has 0 aliphatic heterocycles. The summed E-state index contributed by atoms with van der Waals surface area (Å²) in [5.74, 6) is 0.728. The predicted octanol–water partition coefficient (Wildman–Crippen LogP) is 2.67. The fraction of sp³-hybridized carbons (Fsp3) is 0.636. The Morgan fingerprint density at radius 1 is 1.42 bits per heavy atom. The molecule has 1 aliphatic rings. The van der Waals surface area contributed by atoms with Gasteiger partial charge in [0.1, 0.15) is 0 Å². The molecule has 1 atom stereocenters. The summed E-state index contributed by atoms with van der Waals surface area (Å²) in [6.07, 6.45) is 8.20. The van der Waals surface area contributed by atoms with E-state index in [9.17, 15) is 0 Å². The lowest BCUT2D eigenvalue weighted by Crippen LogP contribution is -1.97. The summed E-state index contributed by atoms with van der Waals surface area (Å²) in [5, 5.41) is 8.90. The molecule has 1 nitrogen and oxygen atoms in total. The van der Waals surface area contributed by atoms with E-state index in [1.54, 1.807) is 0 Å². The van der Waals surface area contributed by atoms with E-state index in [0.717, 1.165) is 17.9 Å². The van der Waals surface area contributed by atoms with Gasteiger partial charge in [0.2, 0.25) is 0 Å². The lowest BCUT2D eigenvalue weighted by Gasteiger charge is -2.09. The lowest BCUT2D eigenvalue weighted by atomic mass is 9.97. The molecular weight excluding hydrogens is 148 g/mol. The molecule has 0 saturated heterocycles. The molecule has 0 radical (unpaired) electrons. The maximum absolute atomic E-state index is 8.90. The highest BCUT2D eigenvalue weighted by Gasteiger charge is 2.10. The van der Waals surface area contributed by atoms with Crippen LogP contribution >= 0.6 is 0 Å². The van der Waals surface area contributed by atoms with Crippen LogP contribution in [0.25, 0.3) is 0 Å². The van der Waals surface area contributed by atoms with Gasteiger partial charge in [-0.2, -0.15) is 0 Å². The molecule has 0 aromatic heterocycles. The fourth-order valence-electron chi connectivity index (χ4n) is 1.57. The lowest BCUT2D eigenvalue weighted by molar-refractivity contribution is 0.329. The predicted molar refractivity (Wildman–Crippen MR) is 51.9 cm³/mol. The number of allylic oxidation sites excluding steroid dienone is 3. The summed E-state index contributed by atoms with van der Waals surface area (Å²) in [6, 6.07) is 0. The normalized spacial score (nSPS) is 24.4. The van der Waals surface area contributed by atoms with E-state index < -0.39 is 0 Å². The Bertz CT molecular complexity index is 201. The number of rotatable bonds is 3. The first-order chi connectivity index (χ1) is 5.74. The molecular formula is C11H18O. The van der Waals surface area contributed by atoms with Crippen LogP contribution in [-0.2, 0) is 0 Å². The molecule has 68 valence electrons. The van der Waals surface area contributed by atoms with Crippen molar-refractivity contribution in [1.82, 2.24) is 0 Å². The highest BCUT2D eigenvalue weighted by Crippen LogP contribution is 2.25. The number of aliphatic hydroxyl groups is 1. The number of hydrogen-bond donors (Lipinski definition) is 1. The van der Waals surface area contributed by atoms with E-state index >= 15 is 0 Å². The van der Waals surface area contributed by atoms with Crippen LogP contribution in [0.1, 0.15) is 33.1 Å². The first kappa shape index (κ1) is 9.53. The van der Waals surface area contributed by atoms with Crippen LogP contribution in [0, 0.1) is 5.92 Å². The van der Waals surface area contributed by atoms with Gasteiger partial charge in [-0.15, -0.1) is 0 Å². The molecule has 0 amide bonds. The second kappa shape index (κ2) is 4.46. The Hall–Kier alpha value is -0.560. The second-order valence-electron chi connectivity index (χ2n) is 3.69. The van der Waals surface area contributed by atoms with Gasteiger partial charge < -0.3 is 5.11 Å². The molecule has 0 aromatic carbocycles. The summed E-state index contributed by atoms with van der Waals surface area (Å²) in [4.78, 5) is 0. The van der Waals surface area contributed by atoms with Gasteiger partial charge >= 0.3 is 0 Å². The highest BCUT2D eigenvalue weighted by atomic mass is 16.3. The first-order valence-electron chi connectivity index (χ1n) is 4.66. The van der Waals surface area contributed by atoms with Gasteiger partial charge in [0.25, 0.3) is 0 Å². The van der Waals surface area contributed by atoms with Crippen molar-refractivity contribution in [3.8, 4) is 0 Å². The van der Waals surface area contributed by atoms with Crippen molar-refractivity contribution < 1.29 is 5.11 Å². The zero-order valence-corrected chi connectivity index (χ0v) is 8.01. The van der Waals surface area contributed by atoms with Crippen molar-refractivity contribution in [3.63, 3.8) is 0 Å². The zero-order valence-electron chi connectivity index (χ0n) is 8.01. The second-order valence-corrected chi connectivity index (χ2v) is 3.69. The minimum Gasteiger partial charge on any atom is -0.392 e. The Kier molecular flexibility index (Phi) is 3.54. The number of aliphatic hydroxyl groups excluding tert-OH is 1. The van der Waals surface area contributed by atoms with Crippen molar-refractivity contribution in [3.05, 3.63) is 23.3 Å². The Morgan fingerprint density at radius 2 is 2.17 bits per heavy atom. The van der Waals surface area contributed by atoms with Crippen molar-refractivity contribution in [2.45, 2.75) is 33.1 Å². The molecule has 1 aliphatic carbocycles. The number of hydrogen-bond acceptors (Lipinski definition) is 1. The minimum atomic E-state index is 0.211. The molecule has 0 fully saturated rings. The highest BCUT2D eigenvalue weighted by molar-refractivity contribution is 5.13. The summed E-state index contributed by atoms with van der Waals surface area (Å²) in [5.41, 5.74) is 2.49. The summed E-state index contributed by atoms with van der Waals surface area (Å²) in [7, 11) is 0. The summed E-state index contributed by atoms with van der Waals surface area (Å²) < 4.78 is 0.